The van der Waals surface area contributed by atoms with Crippen LogP contribution in [0.25, 0.3) is 5.65 Å². The van der Waals surface area contributed by atoms with E-state index in [1.807, 2.05) is 36.0 Å². The van der Waals surface area contributed by atoms with Gasteiger partial charge in [0.25, 0.3) is 0 Å². The lowest BCUT2D eigenvalue weighted by Gasteiger charge is -2.16. The second-order valence-electron chi connectivity index (χ2n) is 6.62. The molecule has 0 radical (unpaired) electrons. The minimum Gasteiger partial charge on any atom is -0.361 e. The Morgan fingerprint density at radius 3 is 2.54 bits per heavy atom. The van der Waals surface area contributed by atoms with E-state index in [-0.39, 0.29) is 0 Å². The molecule has 1 saturated heterocycles. The average molecular weight is 396 g/mol. The van der Waals surface area contributed by atoms with Crippen molar-refractivity contribution in [1.29, 1.82) is 0 Å². The van der Waals surface area contributed by atoms with Crippen molar-refractivity contribution in [2.45, 2.75) is 33.1 Å². The quantitative estimate of drug-likeness (QED) is 0.800. The molecule has 0 N–H and O–H groups in total. The number of fused-ring (bicyclic) bond motifs is 1. The normalized spacial score (nSPS) is 14.0. The summed E-state index contributed by atoms with van der Waals surface area (Å²) in [5.41, 5.74) is 0.845. The van der Waals surface area contributed by atoms with Gasteiger partial charge in [-0.1, -0.05) is 13.8 Å². The highest BCUT2D eigenvalue weighted by Crippen LogP contribution is 2.14. The van der Waals surface area contributed by atoms with Crippen LogP contribution in [0.5, 0.6) is 0 Å². The van der Waals surface area contributed by atoms with Gasteiger partial charge in [-0.15, -0.1) is 5.10 Å². The first-order valence-corrected chi connectivity index (χ1v) is 9.13. The van der Waals surface area contributed by atoms with Gasteiger partial charge >= 0.3 is 0 Å². The van der Waals surface area contributed by atoms with Crippen LogP contribution in [0.1, 0.15) is 33.1 Å². The molecule has 0 bridgehead atoms. The van der Waals surface area contributed by atoms with Crippen LogP contribution in [0.15, 0.2) is 22.9 Å². The number of nitrogens with zero attached hydrogens (tertiary/aromatic N) is 5. The van der Waals surface area contributed by atoms with Gasteiger partial charge in [0.15, 0.2) is 5.65 Å². The van der Waals surface area contributed by atoms with Gasteiger partial charge in [0.05, 0.1) is 6.20 Å². The first-order valence-electron chi connectivity index (χ1n) is 8.34. The van der Waals surface area contributed by atoms with Crippen LogP contribution in [0.2, 0.25) is 0 Å². The highest BCUT2D eigenvalue weighted by atomic mass is 79.9. The van der Waals surface area contributed by atoms with E-state index in [0.717, 1.165) is 35.6 Å². The van der Waals surface area contributed by atoms with Crippen LogP contribution >= 0.6 is 15.9 Å². The fourth-order valence-electron chi connectivity index (χ4n) is 2.52. The number of carbonyl (C=O) groups excluding carboxylic acids is 1. The summed E-state index contributed by atoms with van der Waals surface area (Å²) in [4.78, 5) is 19.5. The van der Waals surface area contributed by atoms with Gasteiger partial charge in [-0.25, -0.2) is 9.50 Å². The molecule has 0 aliphatic carbocycles. The molecule has 24 heavy (non-hydrogen) atoms. The maximum absolute atomic E-state index is 11.4. The molecule has 0 atom stereocenters. The molecule has 1 amide bonds. The highest BCUT2D eigenvalue weighted by Gasteiger charge is 2.17. The minimum absolute atomic E-state index is 0.345. The van der Waals surface area contributed by atoms with Gasteiger partial charge in [0.2, 0.25) is 5.91 Å². The Bertz CT molecular complexity index is 677. The molecule has 1 fully saturated rings. The lowest BCUT2D eigenvalue weighted by molar-refractivity contribution is -0.130. The number of rotatable bonds is 3. The number of halogens is 1. The molecular weight excluding hydrogens is 370 g/mol. The molecule has 6 nitrogen and oxygen atoms in total. The number of amides is 1. The number of likely N-dealkylation sites (tertiary alicyclic amines) is 1. The SMILES string of the molecule is CC(C)CC(=O)N1CCCC1.CN(C)c1ccc2ncc(Br)n2n1. The molecule has 0 aromatic carbocycles. The van der Waals surface area contributed by atoms with E-state index >= 15 is 0 Å². The Labute approximate surface area is 152 Å². The Balaban J connectivity index is 0.000000177. The summed E-state index contributed by atoms with van der Waals surface area (Å²) in [6.07, 6.45) is 4.86. The summed E-state index contributed by atoms with van der Waals surface area (Å²) in [6.45, 7) is 6.17. The molecule has 0 saturated carbocycles. The average Bonchev–Trinajstić information content (AvgIpc) is 3.17. The van der Waals surface area contributed by atoms with E-state index in [9.17, 15) is 4.79 Å². The van der Waals surface area contributed by atoms with Gasteiger partial charge < -0.3 is 9.80 Å². The Hall–Kier alpha value is -1.63. The van der Waals surface area contributed by atoms with Crippen molar-refractivity contribution in [2.75, 3.05) is 32.1 Å². The van der Waals surface area contributed by atoms with Crippen molar-refractivity contribution >= 4 is 33.3 Å². The third-order valence-electron chi connectivity index (χ3n) is 3.81. The van der Waals surface area contributed by atoms with Crippen molar-refractivity contribution in [1.82, 2.24) is 19.5 Å². The molecule has 7 heteroatoms. The molecule has 132 valence electrons. The highest BCUT2D eigenvalue weighted by molar-refractivity contribution is 9.10. The van der Waals surface area contributed by atoms with E-state index in [1.54, 1.807) is 10.7 Å². The van der Waals surface area contributed by atoms with Crippen molar-refractivity contribution in [2.24, 2.45) is 5.92 Å². The first-order chi connectivity index (χ1) is 11.4. The van der Waals surface area contributed by atoms with Crippen LogP contribution in [0.4, 0.5) is 5.82 Å². The standard InChI is InChI=1S/C9H17NO.C8H9BrN4/c1-8(2)7-9(11)10-5-3-4-6-10;1-12(2)8-4-3-7-10-5-6(9)13(7)11-8/h8H,3-7H2,1-2H3;3-5H,1-2H3. The second-order valence-corrected chi connectivity index (χ2v) is 7.44. The van der Waals surface area contributed by atoms with Crippen LogP contribution in [-0.2, 0) is 4.79 Å². The summed E-state index contributed by atoms with van der Waals surface area (Å²) in [7, 11) is 3.91. The fourth-order valence-corrected chi connectivity index (χ4v) is 2.88. The van der Waals surface area contributed by atoms with E-state index in [4.69, 9.17) is 0 Å². The number of hydrogen-bond acceptors (Lipinski definition) is 4. The number of carbonyl (C=O) groups is 1. The molecule has 0 spiro atoms. The zero-order valence-electron chi connectivity index (χ0n) is 14.9. The molecule has 3 heterocycles. The third kappa shape index (κ3) is 4.93. The largest absolute Gasteiger partial charge is 0.361 e. The molecule has 3 rings (SSSR count). The number of aromatic nitrogens is 3. The Morgan fingerprint density at radius 2 is 1.96 bits per heavy atom. The zero-order valence-corrected chi connectivity index (χ0v) is 16.5. The monoisotopic (exact) mass is 395 g/mol. The Kier molecular flexibility index (Phi) is 6.60. The number of imidazole rings is 1. The topological polar surface area (TPSA) is 53.7 Å². The maximum Gasteiger partial charge on any atom is 0.222 e. The van der Waals surface area contributed by atoms with Gasteiger partial charge in [-0.3, -0.25) is 4.79 Å². The maximum atomic E-state index is 11.4. The smallest absolute Gasteiger partial charge is 0.222 e. The van der Waals surface area contributed by atoms with Crippen molar-refractivity contribution in [3.8, 4) is 0 Å². The molecule has 1 aliphatic rings. The predicted octanol–water partition coefficient (Wildman–Crippen LogP) is 3.21. The summed E-state index contributed by atoms with van der Waals surface area (Å²) >= 11 is 3.37. The van der Waals surface area contributed by atoms with Gasteiger partial charge in [0, 0.05) is 33.6 Å². The van der Waals surface area contributed by atoms with E-state index in [0.29, 0.717) is 11.8 Å². The number of anilines is 1. The molecule has 2 aromatic heterocycles. The van der Waals surface area contributed by atoms with Crippen LogP contribution in [-0.4, -0.2) is 52.6 Å². The predicted molar refractivity (Wildman–Crippen MR) is 100 cm³/mol. The molecule has 0 unspecified atom stereocenters. The minimum atomic E-state index is 0.345. The van der Waals surface area contributed by atoms with Gasteiger partial charge in [-0.05, 0) is 46.8 Å². The zero-order chi connectivity index (χ0) is 17.7. The number of hydrogen-bond donors (Lipinski definition) is 0. The lowest BCUT2D eigenvalue weighted by Crippen LogP contribution is -2.28. The second kappa shape index (κ2) is 8.46. The van der Waals surface area contributed by atoms with Crippen LogP contribution < -0.4 is 4.90 Å². The first kappa shape index (κ1) is 18.7. The summed E-state index contributed by atoms with van der Waals surface area (Å²) in [6, 6.07) is 3.88. The van der Waals surface area contributed by atoms with E-state index in [1.165, 1.54) is 12.8 Å². The fraction of sp³-hybridized carbons (Fsp3) is 0.588. The molecule has 2 aromatic rings. The Morgan fingerprint density at radius 1 is 1.29 bits per heavy atom. The van der Waals surface area contributed by atoms with Crippen LogP contribution in [0, 0.1) is 5.92 Å². The summed E-state index contributed by atoms with van der Waals surface area (Å²) in [5.74, 6) is 1.76. The van der Waals surface area contributed by atoms with Crippen LogP contribution in [0.3, 0.4) is 0 Å². The van der Waals surface area contributed by atoms with E-state index in [2.05, 4.69) is 39.9 Å². The van der Waals surface area contributed by atoms with Gasteiger partial charge in [-0.2, -0.15) is 0 Å². The van der Waals surface area contributed by atoms with E-state index < -0.39 is 0 Å². The third-order valence-corrected chi connectivity index (χ3v) is 4.35. The summed E-state index contributed by atoms with van der Waals surface area (Å²) < 4.78 is 2.63. The molecule has 1 aliphatic heterocycles. The van der Waals surface area contributed by atoms with Crippen molar-refractivity contribution in [3.63, 3.8) is 0 Å². The van der Waals surface area contributed by atoms with Crippen molar-refractivity contribution < 1.29 is 4.79 Å². The molecular formula is C17H26BrN5O. The lowest BCUT2D eigenvalue weighted by atomic mass is 10.1. The summed E-state index contributed by atoms with van der Waals surface area (Å²) in [5, 5.41) is 4.37. The van der Waals surface area contributed by atoms with Gasteiger partial charge in [0.1, 0.15) is 10.4 Å². The van der Waals surface area contributed by atoms with Crippen molar-refractivity contribution in [3.05, 3.63) is 22.9 Å².